The number of nitrogens with zero attached hydrogens (tertiary/aromatic N) is 2. The lowest BCUT2D eigenvalue weighted by atomic mass is 10.2. The van der Waals surface area contributed by atoms with Crippen molar-refractivity contribution in [3.05, 3.63) is 20.8 Å². The molecular weight excluding hydrogens is 276 g/mol. The van der Waals surface area contributed by atoms with E-state index in [1.165, 1.54) is 11.3 Å². The third-order valence-electron chi connectivity index (χ3n) is 1.90. The van der Waals surface area contributed by atoms with E-state index in [1.807, 2.05) is 6.07 Å². The first-order valence-corrected chi connectivity index (χ1v) is 6.06. The van der Waals surface area contributed by atoms with Gasteiger partial charge in [-0.15, -0.1) is 11.3 Å². The smallest absolute Gasteiger partial charge is 0.263 e. The van der Waals surface area contributed by atoms with Gasteiger partial charge in [-0.25, -0.2) is 0 Å². The number of hydrogen-bond donors (Lipinski definition) is 0. The summed E-state index contributed by atoms with van der Waals surface area (Å²) < 4.78 is 0.938. The van der Waals surface area contributed by atoms with Crippen LogP contribution in [0.15, 0.2) is 15.9 Å². The van der Waals surface area contributed by atoms with E-state index < -0.39 is 0 Å². The predicted octanol–water partition coefficient (Wildman–Crippen LogP) is 2.74. The van der Waals surface area contributed by atoms with Crippen LogP contribution < -0.4 is 0 Å². The van der Waals surface area contributed by atoms with Crippen LogP contribution in [0.2, 0.25) is 0 Å². The van der Waals surface area contributed by atoms with E-state index in [4.69, 9.17) is 5.26 Å². The van der Waals surface area contributed by atoms with Crippen molar-refractivity contribution in [2.45, 2.75) is 6.92 Å². The average Bonchev–Trinajstić information content (AvgIpc) is 2.63. The monoisotopic (exact) mass is 286 g/mol. The topological polar surface area (TPSA) is 44.1 Å². The van der Waals surface area contributed by atoms with Crippen molar-refractivity contribution in [2.75, 3.05) is 13.6 Å². The third-order valence-corrected chi connectivity index (χ3v) is 3.51. The van der Waals surface area contributed by atoms with Crippen LogP contribution in [-0.2, 0) is 0 Å². The number of rotatable bonds is 3. The molecule has 5 heteroatoms. The molecule has 1 amide bonds. The van der Waals surface area contributed by atoms with Gasteiger partial charge < -0.3 is 4.90 Å². The molecule has 80 valence electrons. The second kappa shape index (κ2) is 5.29. The van der Waals surface area contributed by atoms with Crippen LogP contribution >= 0.6 is 27.3 Å². The summed E-state index contributed by atoms with van der Waals surface area (Å²) in [6, 6.07) is 5.74. The van der Waals surface area contributed by atoms with Gasteiger partial charge in [0.1, 0.15) is 0 Å². The molecule has 1 aromatic rings. The molecule has 0 radical (unpaired) electrons. The van der Waals surface area contributed by atoms with Crippen molar-refractivity contribution >= 4 is 33.2 Å². The maximum absolute atomic E-state index is 11.8. The standard InChI is InChI=1S/C10H11BrN2OS/c1-7(5-12)6-13(2)10(14)8-3-4-9(11)15-8/h3-4,7H,6H2,1-2H3. The summed E-state index contributed by atoms with van der Waals surface area (Å²) >= 11 is 4.71. The summed E-state index contributed by atoms with van der Waals surface area (Å²) in [4.78, 5) is 14.1. The van der Waals surface area contributed by atoms with Crippen LogP contribution in [0.3, 0.4) is 0 Å². The molecule has 15 heavy (non-hydrogen) atoms. The molecule has 0 N–H and O–H groups in total. The molecular formula is C10H11BrN2OS. The van der Waals surface area contributed by atoms with Gasteiger partial charge >= 0.3 is 0 Å². The molecule has 1 aromatic heterocycles. The second-order valence-corrected chi connectivity index (χ2v) is 5.78. The first kappa shape index (κ1) is 12.2. The van der Waals surface area contributed by atoms with Crippen LogP contribution in [0.1, 0.15) is 16.6 Å². The zero-order valence-corrected chi connectivity index (χ0v) is 10.9. The minimum Gasteiger partial charge on any atom is -0.340 e. The molecule has 0 saturated heterocycles. The summed E-state index contributed by atoms with van der Waals surface area (Å²) in [5.74, 6) is -0.171. The Morgan fingerprint density at radius 2 is 2.40 bits per heavy atom. The molecule has 0 fully saturated rings. The van der Waals surface area contributed by atoms with Crippen LogP contribution in [-0.4, -0.2) is 24.4 Å². The van der Waals surface area contributed by atoms with Crippen molar-refractivity contribution in [3.63, 3.8) is 0 Å². The number of carbonyl (C=O) groups is 1. The Balaban J connectivity index is 2.65. The Labute approximate surface area is 101 Å². The molecule has 0 saturated carbocycles. The Bertz CT molecular complexity index is 396. The summed E-state index contributed by atoms with van der Waals surface area (Å²) in [6.45, 7) is 2.26. The minimum absolute atomic E-state index is 0.0344. The summed E-state index contributed by atoms with van der Waals surface area (Å²) in [5, 5.41) is 8.65. The van der Waals surface area contributed by atoms with Crippen LogP contribution in [0.25, 0.3) is 0 Å². The zero-order chi connectivity index (χ0) is 11.4. The number of carbonyl (C=O) groups excluding carboxylic acids is 1. The van der Waals surface area contributed by atoms with E-state index in [9.17, 15) is 4.79 Å². The molecule has 1 rings (SSSR count). The molecule has 0 bridgehead atoms. The summed E-state index contributed by atoms with van der Waals surface area (Å²) in [5.41, 5.74) is 0. The number of thiophene rings is 1. The lowest BCUT2D eigenvalue weighted by molar-refractivity contribution is 0.0790. The van der Waals surface area contributed by atoms with E-state index in [-0.39, 0.29) is 11.8 Å². The van der Waals surface area contributed by atoms with Gasteiger partial charge in [-0.1, -0.05) is 0 Å². The van der Waals surface area contributed by atoms with Crippen molar-refractivity contribution in [2.24, 2.45) is 5.92 Å². The molecule has 0 aliphatic rings. The SMILES string of the molecule is CC(C#N)CN(C)C(=O)c1ccc(Br)s1. The van der Waals surface area contributed by atoms with E-state index in [0.29, 0.717) is 11.4 Å². The van der Waals surface area contributed by atoms with Gasteiger partial charge in [-0.2, -0.15) is 5.26 Å². The number of nitriles is 1. The second-order valence-electron chi connectivity index (χ2n) is 3.32. The highest BCUT2D eigenvalue weighted by Gasteiger charge is 2.15. The molecule has 0 aliphatic heterocycles. The Kier molecular flexibility index (Phi) is 4.30. The lowest BCUT2D eigenvalue weighted by Gasteiger charge is -2.17. The van der Waals surface area contributed by atoms with Crippen molar-refractivity contribution in [1.29, 1.82) is 5.26 Å². The van der Waals surface area contributed by atoms with Gasteiger partial charge in [-0.05, 0) is 35.0 Å². The van der Waals surface area contributed by atoms with E-state index >= 15 is 0 Å². The fourth-order valence-corrected chi connectivity index (χ4v) is 2.53. The van der Waals surface area contributed by atoms with E-state index in [2.05, 4.69) is 22.0 Å². The zero-order valence-electron chi connectivity index (χ0n) is 8.53. The van der Waals surface area contributed by atoms with Gasteiger partial charge in [0.15, 0.2) is 0 Å². The molecule has 1 heterocycles. The molecule has 1 unspecified atom stereocenters. The third kappa shape index (κ3) is 3.33. The molecule has 0 aliphatic carbocycles. The van der Waals surface area contributed by atoms with Gasteiger partial charge in [0.2, 0.25) is 0 Å². The maximum Gasteiger partial charge on any atom is 0.263 e. The van der Waals surface area contributed by atoms with Crippen LogP contribution in [0.5, 0.6) is 0 Å². The maximum atomic E-state index is 11.8. The highest BCUT2D eigenvalue weighted by atomic mass is 79.9. The average molecular weight is 287 g/mol. The normalized spacial score (nSPS) is 11.9. The van der Waals surface area contributed by atoms with E-state index in [1.54, 1.807) is 24.9 Å². The van der Waals surface area contributed by atoms with Crippen molar-refractivity contribution in [1.82, 2.24) is 4.90 Å². The summed E-state index contributed by atoms with van der Waals surface area (Å²) in [6.07, 6.45) is 0. The lowest BCUT2D eigenvalue weighted by Crippen LogP contribution is -2.30. The Hall–Kier alpha value is -0.860. The predicted molar refractivity (Wildman–Crippen MR) is 63.8 cm³/mol. The molecule has 3 nitrogen and oxygen atoms in total. The highest BCUT2D eigenvalue weighted by Crippen LogP contribution is 2.23. The van der Waals surface area contributed by atoms with Gasteiger partial charge in [0.25, 0.3) is 5.91 Å². The first-order valence-electron chi connectivity index (χ1n) is 4.45. The van der Waals surface area contributed by atoms with Crippen LogP contribution in [0, 0.1) is 17.2 Å². The van der Waals surface area contributed by atoms with Crippen molar-refractivity contribution < 1.29 is 4.79 Å². The van der Waals surface area contributed by atoms with E-state index in [0.717, 1.165) is 3.79 Å². The number of halogens is 1. The highest BCUT2D eigenvalue weighted by molar-refractivity contribution is 9.11. The quantitative estimate of drug-likeness (QED) is 0.858. The largest absolute Gasteiger partial charge is 0.340 e. The number of hydrogen-bond acceptors (Lipinski definition) is 3. The van der Waals surface area contributed by atoms with Crippen molar-refractivity contribution in [3.8, 4) is 6.07 Å². The van der Waals surface area contributed by atoms with Crippen LogP contribution in [0.4, 0.5) is 0 Å². The fourth-order valence-electron chi connectivity index (χ4n) is 1.15. The fraction of sp³-hybridized carbons (Fsp3) is 0.400. The minimum atomic E-state index is -0.137. The summed E-state index contributed by atoms with van der Waals surface area (Å²) in [7, 11) is 1.71. The van der Waals surface area contributed by atoms with Gasteiger partial charge in [0.05, 0.1) is 20.7 Å². The Morgan fingerprint density at radius 1 is 1.73 bits per heavy atom. The van der Waals surface area contributed by atoms with Gasteiger partial charge in [-0.3, -0.25) is 4.79 Å². The Morgan fingerprint density at radius 3 is 2.87 bits per heavy atom. The molecule has 0 aromatic carbocycles. The van der Waals surface area contributed by atoms with Gasteiger partial charge in [0, 0.05) is 13.6 Å². The number of amides is 1. The molecule has 1 atom stereocenters. The molecule has 0 spiro atoms. The first-order chi connectivity index (χ1) is 7.04.